The Labute approximate surface area is 168 Å². The number of hydrogen-bond donors (Lipinski definition) is 0. The van der Waals surface area contributed by atoms with Crippen LogP contribution in [0.25, 0.3) is 0 Å². The zero-order valence-corrected chi connectivity index (χ0v) is 17.6. The molecule has 3 rings (SSSR count). The van der Waals surface area contributed by atoms with Crippen molar-refractivity contribution in [3.63, 3.8) is 0 Å². The first-order chi connectivity index (χ1) is 12.9. The van der Waals surface area contributed by atoms with Crippen molar-refractivity contribution in [2.24, 2.45) is 0 Å². The summed E-state index contributed by atoms with van der Waals surface area (Å²) < 4.78 is 30.0. The highest BCUT2D eigenvalue weighted by atomic mass is 79.9. The molecule has 0 aliphatic carbocycles. The van der Waals surface area contributed by atoms with Crippen LogP contribution in [0.2, 0.25) is 0 Å². The quantitative estimate of drug-likeness (QED) is 0.552. The average Bonchev–Trinajstić information content (AvgIpc) is 3.07. The Morgan fingerprint density at radius 1 is 1.07 bits per heavy atom. The lowest BCUT2D eigenvalue weighted by atomic mass is 10.2. The molecule has 0 bridgehead atoms. The maximum Gasteiger partial charge on any atom is 0.244 e. The zero-order valence-electron chi connectivity index (χ0n) is 15.2. The first kappa shape index (κ1) is 19.7. The normalized spacial score (nSPS) is 12.0. The highest BCUT2D eigenvalue weighted by Crippen LogP contribution is 2.27. The topological polar surface area (TPSA) is 68.1 Å². The summed E-state index contributed by atoms with van der Waals surface area (Å²) in [6.07, 6.45) is 1.79. The van der Waals surface area contributed by atoms with E-state index < -0.39 is 10.0 Å². The van der Waals surface area contributed by atoms with E-state index in [1.165, 1.54) is 4.31 Å². The number of hydrogen-bond acceptors (Lipinski definition) is 4. The minimum Gasteiger partial charge on any atom is -0.248 e. The molecule has 0 radical (unpaired) electrons. The van der Waals surface area contributed by atoms with E-state index in [0.29, 0.717) is 16.7 Å². The van der Waals surface area contributed by atoms with Crippen LogP contribution in [-0.2, 0) is 23.1 Å². The Bertz CT molecular complexity index is 1000. The van der Waals surface area contributed by atoms with Crippen molar-refractivity contribution >= 4 is 26.0 Å². The van der Waals surface area contributed by atoms with Crippen molar-refractivity contribution in [2.75, 3.05) is 0 Å². The second-order valence-electron chi connectivity index (χ2n) is 6.47. The lowest BCUT2D eigenvalue weighted by Crippen LogP contribution is -2.36. The van der Waals surface area contributed by atoms with E-state index in [1.807, 2.05) is 44.2 Å². The van der Waals surface area contributed by atoms with Gasteiger partial charge in [-0.25, -0.2) is 13.1 Å². The van der Waals surface area contributed by atoms with E-state index in [0.717, 1.165) is 5.56 Å². The smallest absolute Gasteiger partial charge is 0.244 e. The summed E-state index contributed by atoms with van der Waals surface area (Å²) in [5.74, 6) is 0. The third kappa shape index (κ3) is 4.63. The molecule has 0 atom stereocenters. The maximum absolute atomic E-state index is 13.1. The Morgan fingerprint density at radius 2 is 1.74 bits per heavy atom. The van der Waals surface area contributed by atoms with Gasteiger partial charge in [-0.05, 0) is 47.5 Å². The number of aromatic nitrogens is 3. The molecule has 0 spiro atoms. The minimum atomic E-state index is -3.67. The first-order valence-electron chi connectivity index (χ1n) is 8.57. The van der Waals surface area contributed by atoms with Gasteiger partial charge in [-0.15, -0.1) is 5.10 Å². The second-order valence-corrected chi connectivity index (χ2v) is 9.18. The van der Waals surface area contributed by atoms with Gasteiger partial charge in [0.15, 0.2) is 0 Å². The summed E-state index contributed by atoms with van der Waals surface area (Å²) in [7, 11) is -3.67. The number of halogens is 1. The van der Waals surface area contributed by atoms with Gasteiger partial charge in [0, 0.05) is 10.5 Å². The van der Waals surface area contributed by atoms with Crippen LogP contribution >= 0.6 is 15.9 Å². The Balaban J connectivity index is 1.82. The lowest BCUT2D eigenvalue weighted by Gasteiger charge is -2.25. The van der Waals surface area contributed by atoms with E-state index in [-0.39, 0.29) is 17.5 Å². The van der Waals surface area contributed by atoms with Crippen LogP contribution in [0.3, 0.4) is 0 Å². The number of benzene rings is 2. The molecule has 27 heavy (non-hydrogen) atoms. The van der Waals surface area contributed by atoms with Crippen molar-refractivity contribution in [2.45, 2.75) is 37.9 Å². The van der Waals surface area contributed by atoms with Crippen LogP contribution in [0.5, 0.6) is 0 Å². The zero-order chi connectivity index (χ0) is 19.4. The minimum absolute atomic E-state index is 0.163. The van der Waals surface area contributed by atoms with E-state index in [4.69, 9.17) is 0 Å². The van der Waals surface area contributed by atoms with Crippen molar-refractivity contribution in [3.05, 3.63) is 76.5 Å². The summed E-state index contributed by atoms with van der Waals surface area (Å²) in [4.78, 5) is 0.246. The Kier molecular flexibility index (Phi) is 6.08. The number of nitrogens with zero attached hydrogens (tertiary/aromatic N) is 4. The number of rotatable bonds is 7. The van der Waals surface area contributed by atoms with Crippen molar-refractivity contribution in [1.29, 1.82) is 0 Å². The van der Waals surface area contributed by atoms with Crippen LogP contribution in [0.15, 0.2) is 70.2 Å². The third-order valence-electron chi connectivity index (χ3n) is 4.09. The summed E-state index contributed by atoms with van der Waals surface area (Å²) >= 11 is 3.34. The molecule has 2 aromatic carbocycles. The highest BCUT2D eigenvalue weighted by molar-refractivity contribution is 9.10. The van der Waals surface area contributed by atoms with Crippen molar-refractivity contribution in [3.8, 4) is 0 Å². The van der Waals surface area contributed by atoms with Gasteiger partial charge >= 0.3 is 0 Å². The molecule has 6 nitrogen and oxygen atoms in total. The lowest BCUT2D eigenvalue weighted by molar-refractivity contribution is 0.344. The van der Waals surface area contributed by atoms with Crippen molar-refractivity contribution in [1.82, 2.24) is 19.3 Å². The van der Waals surface area contributed by atoms with E-state index >= 15 is 0 Å². The maximum atomic E-state index is 13.1. The first-order valence-corrected chi connectivity index (χ1v) is 10.8. The summed E-state index contributed by atoms with van der Waals surface area (Å²) in [6, 6.07) is 16.5. The summed E-state index contributed by atoms with van der Waals surface area (Å²) in [5.41, 5.74) is 1.71. The molecule has 0 saturated carbocycles. The molecular formula is C19H21BrN4O2S. The van der Waals surface area contributed by atoms with Gasteiger partial charge in [-0.1, -0.05) is 47.7 Å². The molecule has 1 heterocycles. The van der Waals surface area contributed by atoms with Crippen LogP contribution in [0, 0.1) is 0 Å². The van der Waals surface area contributed by atoms with Crippen molar-refractivity contribution < 1.29 is 8.42 Å². The van der Waals surface area contributed by atoms with Crippen LogP contribution in [0.1, 0.15) is 25.1 Å². The fraction of sp³-hybridized carbons (Fsp3) is 0.263. The monoisotopic (exact) mass is 448 g/mol. The Hall–Kier alpha value is -2.03. The van der Waals surface area contributed by atoms with Crippen LogP contribution < -0.4 is 0 Å². The molecule has 0 saturated heterocycles. The van der Waals surface area contributed by atoms with Crippen LogP contribution in [-0.4, -0.2) is 33.8 Å². The third-order valence-corrected chi connectivity index (χ3v) is 7.12. The summed E-state index contributed by atoms with van der Waals surface area (Å²) in [6.45, 7) is 4.45. The standard InChI is InChI=1S/C19H21BrN4O2S/c1-15(2)24(27(25,26)19-11-7-6-10-18(19)20)14-17-13-23(22-21-17)12-16-8-4-3-5-9-16/h3-11,13,15H,12,14H2,1-2H3. The van der Waals surface area contributed by atoms with Gasteiger partial charge < -0.3 is 0 Å². The van der Waals surface area contributed by atoms with E-state index in [9.17, 15) is 8.42 Å². The van der Waals surface area contributed by atoms with Gasteiger partial charge in [0.1, 0.15) is 0 Å². The fourth-order valence-corrected chi connectivity index (χ4v) is 5.32. The molecular weight excluding hydrogens is 428 g/mol. The van der Waals surface area contributed by atoms with Crippen LogP contribution in [0.4, 0.5) is 0 Å². The highest BCUT2D eigenvalue weighted by Gasteiger charge is 2.29. The molecule has 0 amide bonds. The molecule has 142 valence electrons. The largest absolute Gasteiger partial charge is 0.248 e. The van der Waals surface area contributed by atoms with E-state index in [2.05, 4.69) is 26.2 Å². The molecule has 0 aliphatic heterocycles. The molecule has 0 unspecified atom stereocenters. The average molecular weight is 449 g/mol. The van der Waals surface area contributed by atoms with E-state index in [1.54, 1.807) is 35.1 Å². The van der Waals surface area contributed by atoms with Gasteiger partial charge in [-0.2, -0.15) is 4.31 Å². The fourth-order valence-electron chi connectivity index (χ4n) is 2.74. The molecule has 1 aromatic heterocycles. The Morgan fingerprint density at radius 3 is 2.41 bits per heavy atom. The van der Waals surface area contributed by atoms with Gasteiger partial charge in [-0.3, -0.25) is 0 Å². The SMILES string of the molecule is CC(C)N(Cc1cn(Cc2ccccc2)nn1)S(=O)(=O)c1ccccc1Br. The van der Waals surface area contributed by atoms with Gasteiger partial charge in [0.05, 0.1) is 29.9 Å². The second kappa shape index (κ2) is 8.33. The predicted molar refractivity (Wildman–Crippen MR) is 108 cm³/mol. The molecule has 8 heteroatoms. The summed E-state index contributed by atoms with van der Waals surface area (Å²) in [5, 5.41) is 8.29. The van der Waals surface area contributed by atoms with Gasteiger partial charge in [0.2, 0.25) is 10.0 Å². The number of sulfonamides is 1. The molecule has 0 fully saturated rings. The van der Waals surface area contributed by atoms with Gasteiger partial charge in [0.25, 0.3) is 0 Å². The molecule has 0 N–H and O–H groups in total. The molecule has 3 aromatic rings. The predicted octanol–water partition coefficient (Wildman–Crippen LogP) is 3.69. The molecule has 0 aliphatic rings.